The topological polar surface area (TPSA) is 81.0 Å². The second-order valence-electron chi connectivity index (χ2n) is 5.86. The molecule has 132 valence electrons. The van der Waals surface area contributed by atoms with Crippen LogP contribution in [0.5, 0.6) is 0 Å². The number of hydrogen-bond acceptors (Lipinski definition) is 5. The van der Waals surface area contributed by atoms with Crippen LogP contribution in [0.3, 0.4) is 0 Å². The number of halogens is 1. The van der Waals surface area contributed by atoms with Crippen molar-refractivity contribution in [1.82, 2.24) is 9.97 Å². The highest BCUT2D eigenvalue weighted by molar-refractivity contribution is 5.92. The average molecular weight is 360 g/mol. The number of rotatable bonds is 4. The monoisotopic (exact) mass is 360 g/mol. The number of nitrogens with one attached hydrogen (secondary N) is 1. The number of nitro benzene ring substituents is 1. The summed E-state index contributed by atoms with van der Waals surface area (Å²) in [6.45, 7) is 0. The molecule has 0 spiro atoms. The number of nitrogens with zero attached hydrogens (tertiary/aromatic N) is 3. The van der Waals surface area contributed by atoms with Crippen molar-refractivity contribution in [2.24, 2.45) is 0 Å². The summed E-state index contributed by atoms with van der Waals surface area (Å²) in [5.41, 5.74) is 1.71. The lowest BCUT2D eigenvalue weighted by Crippen LogP contribution is -2.00. The summed E-state index contributed by atoms with van der Waals surface area (Å²) in [6, 6.07) is 19.6. The third kappa shape index (κ3) is 3.43. The molecule has 7 heteroatoms. The van der Waals surface area contributed by atoms with Crippen LogP contribution in [0.2, 0.25) is 0 Å². The van der Waals surface area contributed by atoms with E-state index >= 15 is 0 Å². The normalized spacial score (nSPS) is 10.7. The molecule has 0 aliphatic rings. The highest BCUT2D eigenvalue weighted by atomic mass is 19.1. The van der Waals surface area contributed by atoms with Crippen molar-refractivity contribution < 1.29 is 9.31 Å². The van der Waals surface area contributed by atoms with Crippen molar-refractivity contribution in [2.75, 3.05) is 5.32 Å². The molecule has 0 saturated heterocycles. The molecule has 1 heterocycles. The zero-order valence-corrected chi connectivity index (χ0v) is 14.0. The van der Waals surface area contributed by atoms with Crippen LogP contribution in [-0.4, -0.2) is 14.9 Å². The Morgan fingerprint density at radius 2 is 1.74 bits per heavy atom. The van der Waals surface area contributed by atoms with Crippen molar-refractivity contribution in [2.45, 2.75) is 0 Å². The summed E-state index contributed by atoms with van der Waals surface area (Å²) in [5, 5.41) is 14.9. The Morgan fingerprint density at radius 3 is 2.56 bits per heavy atom. The van der Waals surface area contributed by atoms with Gasteiger partial charge in [0.05, 0.1) is 10.4 Å². The van der Waals surface area contributed by atoms with Gasteiger partial charge in [0.2, 0.25) is 0 Å². The van der Waals surface area contributed by atoms with Crippen molar-refractivity contribution in [1.29, 1.82) is 0 Å². The highest BCUT2D eigenvalue weighted by Crippen LogP contribution is 2.28. The van der Waals surface area contributed by atoms with Crippen LogP contribution in [0.25, 0.3) is 22.3 Å². The largest absolute Gasteiger partial charge is 0.340 e. The molecule has 6 nitrogen and oxygen atoms in total. The molecule has 0 aliphatic carbocycles. The van der Waals surface area contributed by atoms with E-state index in [-0.39, 0.29) is 11.5 Å². The molecule has 0 unspecified atom stereocenters. The summed E-state index contributed by atoms with van der Waals surface area (Å²) < 4.78 is 13.5. The van der Waals surface area contributed by atoms with Gasteiger partial charge in [-0.05, 0) is 30.3 Å². The number of non-ortho nitro benzene ring substituents is 1. The van der Waals surface area contributed by atoms with E-state index in [1.165, 1.54) is 24.3 Å². The van der Waals surface area contributed by atoms with Crippen LogP contribution >= 0.6 is 0 Å². The molecular weight excluding hydrogens is 347 g/mol. The van der Waals surface area contributed by atoms with Gasteiger partial charge in [-0.25, -0.2) is 14.4 Å². The van der Waals surface area contributed by atoms with Crippen LogP contribution in [0.1, 0.15) is 0 Å². The number of anilines is 2. The first-order valence-corrected chi connectivity index (χ1v) is 8.14. The van der Waals surface area contributed by atoms with Crippen LogP contribution in [0, 0.1) is 15.9 Å². The fraction of sp³-hybridized carbons (Fsp3) is 0. The average Bonchev–Trinajstić information content (AvgIpc) is 2.68. The Morgan fingerprint density at radius 1 is 0.926 bits per heavy atom. The number of para-hydroxylation sites is 1. The first-order valence-electron chi connectivity index (χ1n) is 8.14. The number of benzene rings is 3. The van der Waals surface area contributed by atoms with Crippen LogP contribution in [-0.2, 0) is 0 Å². The predicted molar refractivity (Wildman–Crippen MR) is 101 cm³/mol. The molecule has 1 aromatic heterocycles. The van der Waals surface area contributed by atoms with Gasteiger partial charge >= 0.3 is 0 Å². The lowest BCUT2D eigenvalue weighted by Gasteiger charge is -2.11. The Bertz CT molecular complexity index is 1160. The molecule has 4 aromatic rings. The molecule has 3 aromatic carbocycles. The fourth-order valence-corrected chi connectivity index (χ4v) is 2.76. The molecule has 0 fully saturated rings. The lowest BCUT2D eigenvalue weighted by molar-refractivity contribution is -0.384. The number of fused-ring (bicyclic) bond motifs is 1. The molecule has 0 atom stereocenters. The Labute approximate surface area is 153 Å². The van der Waals surface area contributed by atoms with Gasteiger partial charge in [0.25, 0.3) is 5.69 Å². The zero-order chi connectivity index (χ0) is 18.8. The third-order valence-electron chi connectivity index (χ3n) is 4.01. The fourth-order valence-electron chi connectivity index (χ4n) is 2.76. The molecule has 1 N–H and O–H groups in total. The number of hydrogen-bond donors (Lipinski definition) is 1. The van der Waals surface area contributed by atoms with Gasteiger partial charge < -0.3 is 5.32 Å². The molecular formula is C20H13FN4O2. The SMILES string of the molecule is O=[N+]([O-])c1cccc(-c2nc(Nc3cccc(F)c3)c3ccccc3n2)c1. The molecule has 4 rings (SSSR count). The van der Waals surface area contributed by atoms with E-state index in [1.54, 1.807) is 24.3 Å². The maximum Gasteiger partial charge on any atom is 0.270 e. The van der Waals surface area contributed by atoms with Crippen molar-refractivity contribution in [3.05, 3.63) is 88.7 Å². The maximum atomic E-state index is 13.5. The third-order valence-corrected chi connectivity index (χ3v) is 4.01. The van der Waals surface area contributed by atoms with E-state index in [4.69, 9.17) is 0 Å². The van der Waals surface area contributed by atoms with E-state index in [2.05, 4.69) is 15.3 Å². The van der Waals surface area contributed by atoms with Crippen LogP contribution in [0.4, 0.5) is 21.6 Å². The van der Waals surface area contributed by atoms with E-state index < -0.39 is 4.92 Å². The summed E-state index contributed by atoms with van der Waals surface area (Å²) >= 11 is 0. The summed E-state index contributed by atoms with van der Waals surface area (Å²) in [5.74, 6) is 0.473. The van der Waals surface area contributed by atoms with E-state index in [0.29, 0.717) is 28.4 Å². The van der Waals surface area contributed by atoms with Crippen molar-refractivity contribution in [3.63, 3.8) is 0 Å². The van der Waals surface area contributed by atoms with Crippen molar-refractivity contribution >= 4 is 28.1 Å². The van der Waals surface area contributed by atoms with Gasteiger partial charge in [-0.15, -0.1) is 0 Å². The standard InChI is InChI=1S/C20H13FN4O2/c21-14-6-4-7-15(12-14)22-20-17-9-1-2-10-18(17)23-19(24-20)13-5-3-8-16(11-13)25(26)27/h1-12H,(H,22,23,24). The van der Waals surface area contributed by atoms with Gasteiger partial charge in [-0.2, -0.15) is 0 Å². The summed E-state index contributed by atoms with van der Waals surface area (Å²) in [4.78, 5) is 19.6. The van der Waals surface area contributed by atoms with Gasteiger partial charge in [0.1, 0.15) is 11.6 Å². The predicted octanol–water partition coefficient (Wildman–Crippen LogP) is 5.09. The van der Waals surface area contributed by atoms with Crippen LogP contribution < -0.4 is 5.32 Å². The van der Waals surface area contributed by atoms with E-state index in [1.807, 2.05) is 24.3 Å². The summed E-state index contributed by atoms with van der Waals surface area (Å²) in [6.07, 6.45) is 0. The Kier molecular flexibility index (Phi) is 4.18. The summed E-state index contributed by atoms with van der Waals surface area (Å²) in [7, 11) is 0. The van der Waals surface area contributed by atoms with Gasteiger partial charge in [0.15, 0.2) is 5.82 Å². The second-order valence-corrected chi connectivity index (χ2v) is 5.86. The minimum Gasteiger partial charge on any atom is -0.340 e. The highest BCUT2D eigenvalue weighted by Gasteiger charge is 2.13. The molecule has 0 bridgehead atoms. The minimum atomic E-state index is -0.462. The Hall–Kier alpha value is -3.87. The van der Waals surface area contributed by atoms with Crippen molar-refractivity contribution in [3.8, 4) is 11.4 Å². The smallest absolute Gasteiger partial charge is 0.270 e. The van der Waals surface area contributed by atoms with E-state index in [0.717, 1.165) is 5.39 Å². The first kappa shape index (κ1) is 16.6. The van der Waals surface area contributed by atoms with Gasteiger partial charge in [-0.1, -0.05) is 30.3 Å². The lowest BCUT2D eigenvalue weighted by atomic mass is 10.1. The molecule has 0 aliphatic heterocycles. The molecule has 0 radical (unpaired) electrons. The maximum absolute atomic E-state index is 13.5. The molecule has 27 heavy (non-hydrogen) atoms. The van der Waals surface area contributed by atoms with Gasteiger partial charge in [-0.3, -0.25) is 10.1 Å². The first-order chi connectivity index (χ1) is 13.1. The Balaban J connectivity index is 1.86. The van der Waals surface area contributed by atoms with E-state index in [9.17, 15) is 14.5 Å². The zero-order valence-electron chi connectivity index (χ0n) is 14.0. The molecule has 0 saturated carbocycles. The van der Waals surface area contributed by atoms with Gasteiger partial charge in [0, 0.05) is 28.8 Å². The van der Waals surface area contributed by atoms with Crippen LogP contribution in [0.15, 0.2) is 72.8 Å². The second kappa shape index (κ2) is 6.80. The minimum absolute atomic E-state index is 0.0381. The molecule has 0 amide bonds. The quantitative estimate of drug-likeness (QED) is 0.405. The number of nitro groups is 1. The number of aromatic nitrogens is 2.